The number of rotatable bonds is 7. The molecule has 2 saturated heterocycles. The maximum atomic E-state index is 14.1. The van der Waals surface area contributed by atoms with Gasteiger partial charge in [0.25, 0.3) is 0 Å². The normalized spacial score (nSPS) is 32.2. The quantitative estimate of drug-likeness (QED) is 0.210. The lowest BCUT2D eigenvalue weighted by Crippen LogP contribution is -2.64. The minimum atomic E-state index is -1.77. The molecule has 8 atom stereocenters. The number of amides is 3. The summed E-state index contributed by atoms with van der Waals surface area (Å²) in [5, 5.41) is 14.5. The van der Waals surface area contributed by atoms with Gasteiger partial charge in [0, 0.05) is 40.0 Å². The molecule has 3 heterocycles. The number of epoxide rings is 1. The minimum Gasteiger partial charge on any atom is -0.495 e. The number of hydrogen-bond acceptors (Lipinski definition) is 11. The molecule has 4 bridgehead atoms. The van der Waals surface area contributed by atoms with E-state index in [4.69, 9.17) is 35.3 Å². The monoisotopic (exact) mass is 751 g/mol. The fourth-order valence-corrected chi connectivity index (χ4v) is 7.19. The molecule has 2 fully saturated rings. The Kier molecular flexibility index (Phi) is 13.2. The van der Waals surface area contributed by atoms with Crippen LogP contribution < -0.4 is 15.0 Å². The number of halogens is 1. The van der Waals surface area contributed by atoms with E-state index >= 15 is 0 Å². The maximum absolute atomic E-state index is 14.1. The zero-order valence-corrected chi connectivity index (χ0v) is 32.1. The first-order valence-electron chi connectivity index (χ1n) is 16.9. The van der Waals surface area contributed by atoms with Crippen molar-refractivity contribution in [2.24, 2.45) is 5.92 Å². The molecule has 0 aliphatic carbocycles. The van der Waals surface area contributed by atoms with Crippen LogP contribution in [0.25, 0.3) is 0 Å². The van der Waals surface area contributed by atoms with Gasteiger partial charge < -0.3 is 38.6 Å². The second-order valence-corrected chi connectivity index (χ2v) is 14.5. The minimum absolute atomic E-state index is 0.0206. The van der Waals surface area contributed by atoms with Gasteiger partial charge in [-0.2, -0.15) is 12.6 Å². The topological polar surface area (TPSA) is 156 Å². The maximum Gasteiger partial charge on any atom is 0.409 e. The molecule has 2 N–H and O–H groups in total. The van der Waals surface area contributed by atoms with Gasteiger partial charge in [0.15, 0.2) is 5.72 Å². The largest absolute Gasteiger partial charge is 0.495 e. The number of nitrogens with zero attached hydrogens (tertiary/aromatic N) is 2. The number of allylic oxidation sites excluding steroid dienone is 3. The van der Waals surface area contributed by atoms with Crippen LogP contribution in [0, 0.1) is 5.92 Å². The van der Waals surface area contributed by atoms with E-state index in [-0.39, 0.29) is 36.6 Å². The predicted octanol–water partition coefficient (Wildman–Crippen LogP) is 4.22. The molecule has 13 nitrogen and oxygen atoms in total. The molecular weight excluding hydrogens is 702 g/mol. The van der Waals surface area contributed by atoms with Crippen molar-refractivity contribution in [3.63, 3.8) is 0 Å². The number of ether oxygens (including phenoxy) is 5. The summed E-state index contributed by atoms with van der Waals surface area (Å²) in [6, 6.07) is 2.64. The van der Waals surface area contributed by atoms with Crippen molar-refractivity contribution in [3.05, 3.63) is 46.5 Å². The number of hydrogen-bond donors (Lipinski definition) is 3. The molecule has 0 radical (unpaired) electrons. The Balaban J connectivity index is 1.76. The average molecular weight is 752 g/mol. The fourth-order valence-electron chi connectivity index (χ4n) is 6.68. The van der Waals surface area contributed by atoms with Crippen LogP contribution in [0.4, 0.5) is 10.5 Å². The first-order chi connectivity index (χ1) is 24.0. The standard InChI is InChI=1S/C36H50ClN3O10S/c1-20-11-9-10-12-27(47-8)36(45)19-26(48-34(44)38-36)21(2)32-35(4,50-32)28(49-33(43)22(3)39(5)29(41)13-14-51)18-30(42)40(6)24-16-23(15-20)17-25(46-7)31(24)37/h9-11,16-17,21-22,26-28,32,45,51H,12-15,18-19H2,1-8H3,(H,38,44)/b10-9+,20-11+/t21-,22?,26+,27-,28+,32+,35+,36+/m1/s1. The summed E-state index contributed by atoms with van der Waals surface area (Å²) < 4.78 is 29.2. The number of carbonyl (C=O) groups is 4. The van der Waals surface area contributed by atoms with E-state index in [1.807, 2.05) is 31.2 Å². The van der Waals surface area contributed by atoms with Crippen LogP contribution in [-0.4, -0.2) is 110 Å². The Bertz CT molecular complexity index is 1560. The predicted molar refractivity (Wildman–Crippen MR) is 194 cm³/mol. The summed E-state index contributed by atoms with van der Waals surface area (Å²) >= 11 is 10.9. The van der Waals surface area contributed by atoms with Gasteiger partial charge in [-0.3, -0.25) is 14.9 Å². The summed E-state index contributed by atoms with van der Waals surface area (Å²) in [7, 11) is 6.03. The van der Waals surface area contributed by atoms with E-state index in [2.05, 4.69) is 17.9 Å². The molecule has 1 unspecified atom stereocenters. The summed E-state index contributed by atoms with van der Waals surface area (Å²) in [6.45, 7) is 7.01. The number of likely N-dealkylation sites (N-methyl/N-ethyl adjacent to an activating group) is 1. The summed E-state index contributed by atoms with van der Waals surface area (Å²) in [5.41, 5.74) is -0.753. The van der Waals surface area contributed by atoms with Crippen molar-refractivity contribution in [3.8, 4) is 5.75 Å². The van der Waals surface area contributed by atoms with Crippen molar-refractivity contribution < 1.29 is 48.0 Å². The Morgan fingerprint density at radius 3 is 2.61 bits per heavy atom. The number of alkyl carbamates (subject to hydrolysis) is 1. The van der Waals surface area contributed by atoms with Crippen molar-refractivity contribution >= 4 is 53.8 Å². The molecule has 0 spiro atoms. The van der Waals surface area contributed by atoms with Crippen molar-refractivity contribution in [2.45, 2.75) is 102 Å². The lowest BCUT2D eigenvalue weighted by atomic mass is 9.83. The number of fused-ring (bicyclic) bond motifs is 5. The summed E-state index contributed by atoms with van der Waals surface area (Å²) in [6.07, 6.45) is 1.98. The molecule has 51 heavy (non-hydrogen) atoms. The highest BCUT2D eigenvalue weighted by Crippen LogP contribution is 2.49. The molecule has 0 saturated carbocycles. The number of carbonyl (C=O) groups excluding carboxylic acids is 4. The van der Waals surface area contributed by atoms with Crippen molar-refractivity contribution in [1.82, 2.24) is 10.2 Å². The number of thiol groups is 1. The third-order valence-corrected chi connectivity index (χ3v) is 10.7. The average Bonchev–Trinajstić information content (AvgIpc) is 3.78. The van der Waals surface area contributed by atoms with E-state index in [1.54, 1.807) is 33.9 Å². The van der Waals surface area contributed by atoms with Crippen LogP contribution >= 0.6 is 24.2 Å². The fraction of sp³-hybridized carbons (Fsp3) is 0.611. The van der Waals surface area contributed by atoms with E-state index < -0.39 is 65.7 Å². The number of aliphatic hydroxyl groups is 1. The zero-order chi connectivity index (χ0) is 37.8. The van der Waals surface area contributed by atoms with Gasteiger partial charge in [0.2, 0.25) is 11.8 Å². The summed E-state index contributed by atoms with van der Waals surface area (Å²) in [4.78, 5) is 55.7. The molecule has 3 aliphatic rings. The van der Waals surface area contributed by atoms with Crippen LogP contribution in [0.2, 0.25) is 5.02 Å². The van der Waals surface area contributed by atoms with Gasteiger partial charge >= 0.3 is 12.1 Å². The summed E-state index contributed by atoms with van der Waals surface area (Å²) in [5.74, 6) is -1.28. The number of esters is 1. The number of methoxy groups -OCH3 is 2. The van der Waals surface area contributed by atoms with Crippen LogP contribution in [0.5, 0.6) is 5.75 Å². The lowest BCUT2D eigenvalue weighted by Gasteiger charge is -2.42. The Morgan fingerprint density at radius 2 is 1.96 bits per heavy atom. The molecule has 15 heteroatoms. The van der Waals surface area contributed by atoms with Gasteiger partial charge in [-0.1, -0.05) is 42.3 Å². The lowest BCUT2D eigenvalue weighted by molar-refractivity contribution is -0.162. The SMILES string of the molecule is COc1cc2cc(c1Cl)N(C)C(=O)C[C@H](OC(=O)C(C)N(C)C(=O)CCS)[C@]1(C)O[C@H]1[C@H](C)[C@@H]1C[C@@](O)(NC(=O)O1)[C@H](OC)C/C=C/C=C(\C)C2. The van der Waals surface area contributed by atoms with Crippen LogP contribution in [-0.2, 0) is 39.8 Å². The van der Waals surface area contributed by atoms with Crippen molar-refractivity contribution in [1.29, 1.82) is 0 Å². The van der Waals surface area contributed by atoms with Crippen LogP contribution in [0.3, 0.4) is 0 Å². The Hall–Kier alpha value is -3.30. The third kappa shape index (κ3) is 9.02. The van der Waals surface area contributed by atoms with Crippen LogP contribution in [0.1, 0.15) is 58.9 Å². The molecule has 3 aliphatic heterocycles. The molecule has 282 valence electrons. The number of nitrogens with one attached hydrogen (secondary N) is 1. The number of benzene rings is 1. The first-order valence-corrected chi connectivity index (χ1v) is 17.9. The molecular formula is C36H50ClN3O10S. The van der Waals surface area contributed by atoms with E-state index in [0.29, 0.717) is 23.6 Å². The highest BCUT2D eigenvalue weighted by molar-refractivity contribution is 7.80. The highest BCUT2D eigenvalue weighted by atomic mass is 35.5. The second kappa shape index (κ2) is 16.6. The smallest absolute Gasteiger partial charge is 0.409 e. The molecule has 0 aromatic heterocycles. The van der Waals surface area contributed by atoms with Gasteiger partial charge in [-0.25, -0.2) is 9.59 Å². The zero-order valence-electron chi connectivity index (χ0n) is 30.4. The van der Waals surface area contributed by atoms with E-state index in [9.17, 15) is 24.3 Å². The van der Waals surface area contributed by atoms with Gasteiger partial charge in [0.1, 0.15) is 40.7 Å². The van der Waals surface area contributed by atoms with Crippen molar-refractivity contribution in [2.75, 3.05) is 39.0 Å². The second-order valence-electron chi connectivity index (χ2n) is 13.7. The van der Waals surface area contributed by atoms with E-state index in [1.165, 1.54) is 31.1 Å². The van der Waals surface area contributed by atoms with E-state index in [0.717, 1.165) is 11.1 Å². The molecule has 4 rings (SSSR count). The van der Waals surface area contributed by atoms with Gasteiger partial charge in [-0.15, -0.1) is 0 Å². The third-order valence-electron chi connectivity index (χ3n) is 10.1. The van der Waals surface area contributed by atoms with Gasteiger partial charge in [-0.05, 0) is 57.1 Å². The Labute approximate surface area is 310 Å². The molecule has 1 aromatic carbocycles. The first kappa shape index (κ1) is 40.5. The number of anilines is 1. The highest BCUT2D eigenvalue weighted by Gasteiger charge is 2.64. The van der Waals surface area contributed by atoms with Crippen LogP contribution in [0.15, 0.2) is 35.9 Å². The van der Waals surface area contributed by atoms with Gasteiger partial charge in [0.05, 0.1) is 25.3 Å². The Morgan fingerprint density at radius 1 is 1.25 bits per heavy atom. The molecule has 3 amide bonds. The molecule has 1 aromatic rings.